The molecule has 1 aromatic carbocycles. The van der Waals surface area contributed by atoms with Crippen molar-refractivity contribution in [3.63, 3.8) is 0 Å². The van der Waals surface area contributed by atoms with Crippen LogP contribution in [0.4, 0.5) is 11.4 Å². The molecule has 1 fully saturated rings. The van der Waals surface area contributed by atoms with E-state index in [1.807, 2.05) is 0 Å². The number of para-hydroxylation sites is 2. The largest absolute Gasteiger partial charge is 0.481 e. The van der Waals surface area contributed by atoms with Crippen molar-refractivity contribution in [1.29, 1.82) is 0 Å². The second-order valence-electron chi connectivity index (χ2n) is 5.11. The predicted molar refractivity (Wildman–Crippen MR) is 74.7 cm³/mol. The molecule has 1 aromatic rings. The number of carboxylic acid groups (broad SMARTS) is 1. The summed E-state index contributed by atoms with van der Waals surface area (Å²) in [5.74, 6) is -1.32. The molecule has 108 valence electrons. The quantitative estimate of drug-likeness (QED) is 0.501. The maximum absolute atomic E-state index is 11.4. The molecule has 6 nitrogen and oxygen atoms in total. The number of hydrogen-bond donors (Lipinski definition) is 2. The molecule has 6 heteroatoms. The average molecular weight is 278 g/mol. The monoisotopic (exact) mass is 278 g/mol. The van der Waals surface area contributed by atoms with E-state index in [1.165, 1.54) is 6.07 Å². The fourth-order valence-electron chi connectivity index (χ4n) is 2.73. The smallest absolute Gasteiger partial charge is 0.308 e. The van der Waals surface area contributed by atoms with Crippen molar-refractivity contribution in [2.45, 2.75) is 38.1 Å². The molecule has 1 aliphatic carbocycles. The summed E-state index contributed by atoms with van der Waals surface area (Å²) in [6, 6.07) is 6.11. The highest BCUT2D eigenvalue weighted by Crippen LogP contribution is 2.30. The average Bonchev–Trinajstić information content (AvgIpc) is 2.64. The molecule has 0 radical (unpaired) electrons. The van der Waals surface area contributed by atoms with Crippen molar-refractivity contribution in [2.24, 2.45) is 5.92 Å². The van der Waals surface area contributed by atoms with Gasteiger partial charge in [0.1, 0.15) is 5.69 Å². The number of hydrogen-bond acceptors (Lipinski definition) is 4. The van der Waals surface area contributed by atoms with E-state index in [1.54, 1.807) is 18.2 Å². The minimum atomic E-state index is -0.831. The molecule has 20 heavy (non-hydrogen) atoms. The number of rotatable bonds is 4. The van der Waals surface area contributed by atoms with Gasteiger partial charge in [0.15, 0.2) is 0 Å². The van der Waals surface area contributed by atoms with Crippen molar-refractivity contribution in [3.8, 4) is 0 Å². The number of benzene rings is 1. The summed E-state index contributed by atoms with van der Waals surface area (Å²) in [7, 11) is 0. The first-order chi connectivity index (χ1) is 9.59. The standard InChI is InChI=1S/C14H18N2O4/c17-14(18)10-6-2-1-3-7-11(10)15-12-8-4-5-9-13(12)16(19)20/h4-5,8-11,15H,1-3,6-7H2,(H,17,18). The second kappa shape index (κ2) is 6.36. The molecular formula is C14H18N2O4. The molecule has 2 unspecified atom stereocenters. The number of carboxylic acids is 1. The minimum absolute atomic E-state index is 0.0131. The first-order valence-electron chi connectivity index (χ1n) is 6.82. The first kappa shape index (κ1) is 14.3. The molecule has 2 atom stereocenters. The molecule has 0 spiro atoms. The summed E-state index contributed by atoms with van der Waals surface area (Å²) < 4.78 is 0. The third kappa shape index (κ3) is 3.26. The molecule has 0 heterocycles. The summed E-state index contributed by atoms with van der Waals surface area (Å²) in [5.41, 5.74) is 0.386. The molecule has 2 N–H and O–H groups in total. The van der Waals surface area contributed by atoms with Crippen LogP contribution < -0.4 is 5.32 Å². The van der Waals surface area contributed by atoms with Crippen LogP contribution in [0.5, 0.6) is 0 Å². The van der Waals surface area contributed by atoms with Gasteiger partial charge in [-0.05, 0) is 18.9 Å². The van der Waals surface area contributed by atoms with Gasteiger partial charge in [-0.15, -0.1) is 0 Å². The molecule has 0 saturated heterocycles. The Hall–Kier alpha value is -2.11. The van der Waals surface area contributed by atoms with Gasteiger partial charge in [-0.3, -0.25) is 14.9 Å². The van der Waals surface area contributed by atoms with E-state index < -0.39 is 16.8 Å². The summed E-state index contributed by atoms with van der Waals surface area (Å²) in [6.07, 6.45) is 4.20. The van der Waals surface area contributed by atoms with Gasteiger partial charge < -0.3 is 10.4 Å². The van der Waals surface area contributed by atoms with Gasteiger partial charge in [-0.25, -0.2) is 0 Å². The maximum atomic E-state index is 11.4. The lowest BCUT2D eigenvalue weighted by molar-refractivity contribution is -0.384. The summed E-state index contributed by atoms with van der Waals surface area (Å²) in [5, 5.41) is 23.4. The SMILES string of the molecule is O=C(O)C1CCCCCC1Nc1ccccc1[N+](=O)[O-]. The maximum Gasteiger partial charge on any atom is 0.308 e. The highest BCUT2D eigenvalue weighted by Gasteiger charge is 2.30. The van der Waals surface area contributed by atoms with E-state index in [-0.39, 0.29) is 11.7 Å². The molecule has 0 bridgehead atoms. The van der Waals surface area contributed by atoms with Gasteiger partial charge in [-0.2, -0.15) is 0 Å². The lowest BCUT2D eigenvalue weighted by atomic mass is 9.94. The summed E-state index contributed by atoms with van der Waals surface area (Å²) in [6.45, 7) is 0. The normalized spacial score (nSPS) is 22.8. The number of aliphatic carboxylic acids is 1. The number of nitro benzene ring substituents is 1. The lowest BCUT2D eigenvalue weighted by Gasteiger charge is -2.23. The van der Waals surface area contributed by atoms with Crippen LogP contribution in [0.1, 0.15) is 32.1 Å². The second-order valence-corrected chi connectivity index (χ2v) is 5.11. The Morgan fingerprint density at radius 1 is 1.25 bits per heavy atom. The van der Waals surface area contributed by atoms with Gasteiger partial charge >= 0.3 is 5.97 Å². The van der Waals surface area contributed by atoms with Gasteiger partial charge in [0.05, 0.1) is 10.8 Å². The van der Waals surface area contributed by atoms with Crippen LogP contribution in [-0.2, 0) is 4.79 Å². The fraction of sp³-hybridized carbons (Fsp3) is 0.500. The van der Waals surface area contributed by atoms with E-state index in [0.717, 1.165) is 25.7 Å². The van der Waals surface area contributed by atoms with Crippen LogP contribution in [0.2, 0.25) is 0 Å². The first-order valence-corrected chi connectivity index (χ1v) is 6.82. The van der Waals surface area contributed by atoms with Crippen LogP contribution in [0, 0.1) is 16.0 Å². The number of nitro groups is 1. The predicted octanol–water partition coefficient (Wildman–Crippen LogP) is 3.04. The Labute approximate surface area is 117 Å². The molecule has 1 aliphatic rings. The van der Waals surface area contributed by atoms with E-state index in [9.17, 15) is 20.0 Å². The van der Waals surface area contributed by atoms with Gasteiger partial charge in [0.25, 0.3) is 5.69 Å². The van der Waals surface area contributed by atoms with Crippen LogP contribution >= 0.6 is 0 Å². The Morgan fingerprint density at radius 2 is 1.95 bits per heavy atom. The lowest BCUT2D eigenvalue weighted by Crippen LogP contribution is -2.33. The highest BCUT2D eigenvalue weighted by molar-refractivity contribution is 5.72. The van der Waals surface area contributed by atoms with Gasteiger partial charge in [0, 0.05) is 12.1 Å². The van der Waals surface area contributed by atoms with Crippen molar-refractivity contribution in [2.75, 3.05) is 5.32 Å². The zero-order valence-electron chi connectivity index (χ0n) is 11.1. The molecule has 0 aliphatic heterocycles. The minimum Gasteiger partial charge on any atom is -0.481 e. The van der Waals surface area contributed by atoms with Crippen LogP contribution in [0.3, 0.4) is 0 Å². The Balaban J connectivity index is 2.22. The van der Waals surface area contributed by atoms with Crippen molar-refractivity contribution in [1.82, 2.24) is 0 Å². The molecule has 0 aromatic heterocycles. The van der Waals surface area contributed by atoms with Crippen molar-refractivity contribution in [3.05, 3.63) is 34.4 Å². The number of carbonyl (C=O) groups is 1. The zero-order chi connectivity index (χ0) is 14.5. The third-order valence-corrected chi connectivity index (χ3v) is 3.77. The van der Waals surface area contributed by atoms with E-state index >= 15 is 0 Å². The van der Waals surface area contributed by atoms with Gasteiger partial charge in [-0.1, -0.05) is 31.4 Å². The molecule has 0 amide bonds. The molecular weight excluding hydrogens is 260 g/mol. The summed E-state index contributed by atoms with van der Waals surface area (Å²) >= 11 is 0. The van der Waals surface area contributed by atoms with E-state index in [0.29, 0.717) is 12.1 Å². The Morgan fingerprint density at radius 3 is 2.65 bits per heavy atom. The molecule has 1 saturated carbocycles. The number of anilines is 1. The van der Waals surface area contributed by atoms with E-state index in [2.05, 4.69) is 5.32 Å². The number of nitrogens with one attached hydrogen (secondary N) is 1. The van der Waals surface area contributed by atoms with Crippen LogP contribution in [-0.4, -0.2) is 22.0 Å². The van der Waals surface area contributed by atoms with E-state index in [4.69, 9.17) is 0 Å². The fourth-order valence-corrected chi connectivity index (χ4v) is 2.73. The van der Waals surface area contributed by atoms with Crippen molar-refractivity contribution >= 4 is 17.3 Å². The highest BCUT2D eigenvalue weighted by atomic mass is 16.6. The van der Waals surface area contributed by atoms with Crippen LogP contribution in [0.15, 0.2) is 24.3 Å². The number of nitrogens with zero attached hydrogens (tertiary/aromatic N) is 1. The van der Waals surface area contributed by atoms with Crippen molar-refractivity contribution < 1.29 is 14.8 Å². The zero-order valence-corrected chi connectivity index (χ0v) is 11.1. The topological polar surface area (TPSA) is 92.5 Å². The Kier molecular flexibility index (Phi) is 4.55. The third-order valence-electron chi connectivity index (χ3n) is 3.77. The Bertz CT molecular complexity index is 504. The van der Waals surface area contributed by atoms with Crippen LogP contribution in [0.25, 0.3) is 0 Å². The molecule has 2 rings (SSSR count). The summed E-state index contributed by atoms with van der Waals surface area (Å²) in [4.78, 5) is 21.9. The van der Waals surface area contributed by atoms with Gasteiger partial charge in [0.2, 0.25) is 0 Å².